The Bertz CT molecular complexity index is 226. The van der Waals surface area contributed by atoms with E-state index in [1.165, 1.54) is 12.8 Å². The van der Waals surface area contributed by atoms with Gasteiger partial charge in [-0.2, -0.15) is 0 Å². The molecule has 0 spiro atoms. The van der Waals surface area contributed by atoms with Crippen LogP contribution in [0.5, 0.6) is 0 Å². The summed E-state index contributed by atoms with van der Waals surface area (Å²) in [4.78, 5) is 14.1. The monoisotopic (exact) mass is 241 g/mol. The predicted octanol–water partition coefficient (Wildman–Crippen LogP) is 2.70. The van der Waals surface area contributed by atoms with E-state index in [2.05, 4.69) is 25.7 Å². The second-order valence-electron chi connectivity index (χ2n) is 5.16. The molecule has 0 aromatic heterocycles. The molecule has 0 aromatic carbocycles. The molecule has 17 heavy (non-hydrogen) atoms. The Morgan fingerprint density at radius 3 is 2.59 bits per heavy atom. The maximum Gasteiger partial charge on any atom is 0.308 e. The Labute approximate surface area is 106 Å². The quantitative estimate of drug-likeness (QED) is 0.670. The number of nitrogens with zero attached hydrogens (tertiary/aromatic N) is 1. The van der Waals surface area contributed by atoms with Crippen LogP contribution in [0.25, 0.3) is 0 Å². The fourth-order valence-corrected chi connectivity index (χ4v) is 2.58. The molecule has 0 heterocycles. The zero-order chi connectivity index (χ0) is 12.7. The Kier molecular flexibility index (Phi) is 6.56. The number of carbonyl (C=O) groups is 1. The summed E-state index contributed by atoms with van der Waals surface area (Å²) in [6, 6.07) is 0. The number of carbonyl (C=O) groups excluding carboxylic acids is 1. The van der Waals surface area contributed by atoms with Crippen molar-refractivity contribution >= 4 is 5.97 Å². The number of likely N-dealkylation sites (N-methyl/N-ethyl adjacent to an activating group) is 1. The molecule has 0 amide bonds. The lowest BCUT2D eigenvalue weighted by molar-refractivity contribution is -0.150. The minimum Gasteiger partial charge on any atom is -0.464 e. The number of hydrogen-bond donors (Lipinski definition) is 0. The molecular weight excluding hydrogens is 214 g/mol. The summed E-state index contributed by atoms with van der Waals surface area (Å²) in [6.07, 6.45) is 4.48. The van der Waals surface area contributed by atoms with Crippen LogP contribution < -0.4 is 0 Å². The summed E-state index contributed by atoms with van der Waals surface area (Å²) in [5.41, 5.74) is 0. The Balaban J connectivity index is 2.20. The third-order valence-corrected chi connectivity index (χ3v) is 3.82. The molecule has 0 radical (unpaired) electrons. The Morgan fingerprint density at radius 1 is 1.29 bits per heavy atom. The molecule has 3 nitrogen and oxygen atoms in total. The molecule has 1 aliphatic rings. The standard InChI is InChI=1S/C14H27NO2/c1-4-15(5-2)9-10-17-14(16)13-8-6-7-12(3)11-13/h12-13H,4-11H2,1-3H3/t12-,13+/m1/s1. The lowest BCUT2D eigenvalue weighted by atomic mass is 9.82. The first-order chi connectivity index (χ1) is 8.17. The predicted molar refractivity (Wildman–Crippen MR) is 69.9 cm³/mol. The molecule has 0 bridgehead atoms. The molecule has 1 saturated carbocycles. The van der Waals surface area contributed by atoms with Gasteiger partial charge >= 0.3 is 5.97 Å². The van der Waals surface area contributed by atoms with E-state index in [1.54, 1.807) is 0 Å². The van der Waals surface area contributed by atoms with Gasteiger partial charge in [-0.1, -0.05) is 33.6 Å². The van der Waals surface area contributed by atoms with Crippen molar-refractivity contribution in [3.8, 4) is 0 Å². The zero-order valence-electron chi connectivity index (χ0n) is 11.6. The molecule has 0 aromatic rings. The van der Waals surface area contributed by atoms with Crippen LogP contribution in [0.2, 0.25) is 0 Å². The first-order valence-corrected chi connectivity index (χ1v) is 7.06. The van der Waals surface area contributed by atoms with E-state index in [0.29, 0.717) is 12.5 Å². The average Bonchev–Trinajstić information content (AvgIpc) is 2.34. The van der Waals surface area contributed by atoms with Crippen LogP contribution in [-0.4, -0.2) is 37.1 Å². The van der Waals surface area contributed by atoms with Gasteiger partial charge in [0.15, 0.2) is 0 Å². The molecule has 1 aliphatic carbocycles. The molecule has 3 heteroatoms. The van der Waals surface area contributed by atoms with Crippen LogP contribution in [0, 0.1) is 11.8 Å². The van der Waals surface area contributed by atoms with Crippen LogP contribution in [0.1, 0.15) is 46.5 Å². The van der Waals surface area contributed by atoms with Crippen LogP contribution >= 0.6 is 0 Å². The van der Waals surface area contributed by atoms with Crippen molar-refractivity contribution in [2.24, 2.45) is 11.8 Å². The highest BCUT2D eigenvalue weighted by molar-refractivity contribution is 5.72. The second-order valence-corrected chi connectivity index (χ2v) is 5.16. The summed E-state index contributed by atoms with van der Waals surface area (Å²) < 4.78 is 5.38. The topological polar surface area (TPSA) is 29.5 Å². The molecule has 2 atom stereocenters. The molecule has 0 aliphatic heterocycles. The Hall–Kier alpha value is -0.570. The van der Waals surface area contributed by atoms with Gasteiger partial charge in [0.2, 0.25) is 0 Å². The second kappa shape index (κ2) is 7.70. The van der Waals surface area contributed by atoms with Gasteiger partial charge in [-0.25, -0.2) is 0 Å². The molecule has 100 valence electrons. The smallest absolute Gasteiger partial charge is 0.308 e. The van der Waals surface area contributed by atoms with Gasteiger partial charge in [0.25, 0.3) is 0 Å². The molecular formula is C14H27NO2. The summed E-state index contributed by atoms with van der Waals surface area (Å²) in [5.74, 6) is 0.878. The van der Waals surface area contributed by atoms with Gasteiger partial charge in [-0.05, 0) is 31.8 Å². The highest BCUT2D eigenvalue weighted by Crippen LogP contribution is 2.29. The highest BCUT2D eigenvalue weighted by Gasteiger charge is 2.26. The first kappa shape index (κ1) is 14.5. The minimum absolute atomic E-state index is 0.0312. The number of hydrogen-bond acceptors (Lipinski definition) is 3. The largest absolute Gasteiger partial charge is 0.464 e. The van der Waals surface area contributed by atoms with E-state index >= 15 is 0 Å². The zero-order valence-corrected chi connectivity index (χ0v) is 11.6. The van der Waals surface area contributed by atoms with Crippen molar-refractivity contribution < 1.29 is 9.53 Å². The lowest BCUT2D eigenvalue weighted by Gasteiger charge is -2.25. The van der Waals surface area contributed by atoms with Crippen molar-refractivity contribution in [2.75, 3.05) is 26.2 Å². The maximum absolute atomic E-state index is 11.9. The van der Waals surface area contributed by atoms with Crippen molar-refractivity contribution in [3.63, 3.8) is 0 Å². The minimum atomic E-state index is 0.0312. The summed E-state index contributed by atoms with van der Waals surface area (Å²) >= 11 is 0. The van der Waals surface area contributed by atoms with Gasteiger partial charge in [0.05, 0.1) is 5.92 Å². The summed E-state index contributed by atoms with van der Waals surface area (Å²) in [5, 5.41) is 0. The SMILES string of the molecule is CCN(CC)CCOC(=O)[C@H]1CCC[C@@H](C)C1. The van der Waals surface area contributed by atoms with E-state index in [-0.39, 0.29) is 11.9 Å². The van der Waals surface area contributed by atoms with E-state index in [1.807, 2.05) is 0 Å². The van der Waals surface area contributed by atoms with Gasteiger partial charge in [0, 0.05) is 6.54 Å². The van der Waals surface area contributed by atoms with Gasteiger partial charge < -0.3 is 9.64 Å². The lowest BCUT2D eigenvalue weighted by Crippen LogP contribution is -2.30. The van der Waals surface area contributed by atoms with Gasteiger partial charge in [-0.3, -0.25) is 4.79 Å². The van der Waals surface area contributed by atoms with Crippen molar-refractivity contribution in [1.82, 2.24) is 4.90 Å². The molecule has 1 fully saturated rings. The van der Waals surface area contributed by atoms with E-state index < -0.39 is 0 Å². The Morgan fingerprint density at radius 2 is 2.00 bits per heavy atom. The van der Waals surface area contributed by atoms with Gasteiger partial charge in [-0.15, -0.1) is 0 Å². The number of ether oxygens (including phenoxy) is 1. The highest BCUT2D eigenvalue weighted by atomic mass is 16.5. The third-order valence-electron chi connectivity index (χ3n) is 3.82. The van der Waals surface area contributed by atoms with E-state index in [9.17, 15) is 4.79 Å². The molecule has 0 N–H and O–H groups in total. The van der Waals surface area contributed by atoms with Crippen molar-refractivity contribution in [2.45, 2.75) is 46.5 Å². The van der Waals surface area contributed by atoms with Crippen LogP contribution in [0.15, 0.2) is 0 Å². The molecule has 0 unspecified atom stereocenters. The maximum atomic E-state index is 11.9. The van der Waals surface area contributed by atoms with Crippen molar-refractivity contribution in [1.29, 1.82) is 0 Å². The van der Waals surface area contributed by atoms with Crippen molar-refractivity contribution in [3.05, 3.63) is 0 Å². The normalized spacial score (nSPS) is 24.9. The molecule has 1 rings (SSSR count). The van der Waals surface area contributed by atoms with Crippen LogP contribution in [-0.2, 0) is 9.53 Å². The molecule has 0 saturated heterocycles. The van der Waals surface area contributed by atoms with E-state index in [0.717, 1.165) is 32.5 Å². The van der Waals surface area contributed by atoms with E-state index in [4.69, 9.17) is 4.74 Å². The van der Waals surface area contributed by atoms with Gasteiger partial charge in [0.1, 0.15) is 6.61 Å². The third kappa shape index (κ3) is 5.07. The van der Waals surface area contributed by atoms with Crippen LogP contribution in [0.3, 0.4) is 0 Å². The summed E-state index contributed by atoms with van der Waals surface area (Å²) in [6.45, 7) is 9.95. The fraction of sp³-hybridized carbons (Fsp3) is 0.929. The number of rotatable bonds is 6. The first-order valence-electron chi connectivity index (χ1n) is 7.06. The number of esters is 1. The fourth-order valence-electron chi connectivity index (χ4n) is 2.58. The summed E-state index contributed by atoms with van der Waals surface area (Å²) in [7, 11) is 0. The van der Waals surface area contributed by atoms with Crippen LogP contribution in [0.4, 0.5) is 0 Å². The average molecular weight is 241 g/mol.